The SMILES string of the molecule is Cc1cc2c(c(Cl)n1)-c1cccnc1[C@@H](C)C(=O)N2CC(=O)Nc1cc(F)c(Cl)cc1F. The number of nitrogens with zero attached hydrogens (tertiary/aromatic N) is 3. The summed E-state index contributed by atoms with van der Waals surface area (Å²) in [6, 6.07) is 6.68. The van der Waals surface area contributed by atoms with Crippen LogP contribution in [-0.4, -0.2) is 28.3 Å². The lowest BCUT2D eigenvalue weighted by atomic mass is 9.98. The van der Waals surface area contributed by atoms with E-state index in [1.165, 1.54) is 4.90 Å². The molecule has 10 heteroatoms. The number of anilines is 2. The molecular formula is C22H16Cl2F2N4O2. The van der Waals surface area contributed by atoms with E-state index in [1.807, 2.05) is 0 Å². The molecule has 1 aliphatic rings. The van der Waals surface area contributed by atoms with Crippen LogP contribution in [0.15, 0.2) is 36.5 Å². The van der Waals surface area contributed by atoms with E-state index in [-0.39, 0.29) is 10.8 Å². The number of amides is 2. The smallest absolute Gasteiger partial charge is 0.244 e. The zero-order valence-electron chi connectivity index (χ0n) is 16.9. The highest BCUT2D eigenvalue weighted by Crippen LogP contribution is 2.43. The molecule has 6 nitrogen and oxygen atoms in total. The van der Waals surface area contributed by atoms with Crippen LogP contribution in [0.1, 0.15) is 24.2 Å². The molecule has 1 aromatic carbocycles. The topological polar surface area (TPSA) is 75.2 Å². The second-order valence-corrected chi connectivity index (χ2v) is 8.09. The molecule has 0 spiro atoms. The Morgan fingerprint density at radius 1 is 1.22 bits per heavy atom. The van der Waals surface area contributed by atoms with Crippen LogP contribution < -0.4 is 10.2 Å². The van der Waals surface area contributed by atoms with Gasteiger partial charge in [-0.25, -0.2) is 13.8 Å². The molecule has 0 radical (unpaired) electrons. The molecule has 0 bridgehead atoms. The second-order valence-electron chi connectivity index (χ2n) is 7.33. The lowest BCUT2D eigenvalue weighted by Gasteiger charge is -2.25. The fourth-order valence-electron chi connectivity index (χ4n) is 3.64. The lowest BCUT2D eigenvalue weighted by molar-refractivity contribution is -0.122. The largest absolute Gasteiger partial charge is 0.322 e. The molecule has 0 fully saturated rings. The van der Waals surface area contributed by atoms with E-state index in [1.54, 1.807) is 38.2 Å². The number of fused-ring (bicyclic) bond motifs is 3. The van der Waals surface area contributed by atoms with E-state index in [2.05, 4.69) is 15.3 Å². The number of pyridine rings is 2. The second kappa shape index (κ2) is 8.44. The van der Waals surface area contributed by atoms with E-state index in [4.69, 9.17) is 23.2 Å². The Labute approximate surface area is 192 Å². The van der Waals surface area contributed by atoms with Crippen molar-refractivity contribution in [3.05, 3.63) is 69.7 Å². The van der Waals surface area contributed by atoms with E-state index < -0.39 is 40.9 Å². The van der Waals surface area contributed by atoms with Gasteiger partial charge in [0.25, 0.3) is 0 Å². The minimum Gasteiger partial charge on any atom is -0.322 e. The van der Waals surface area contributed by atoms with Gasteiger partial charge < -0.3 is 10.2 Å². The zero-order valence-corrected chi connectivity index (χ0v) is 18.4. The van der Waals surface area contributed by atoms with Gasteiger partial charge in [-0.05, 0) is 32.0 Å². The predicted molar refractivity (Wildman–Crippen MR) is 118 cm³/mol. The zero-order chi connectivity index (χ0) is 23.2. The number of benzene rings is 1. The molecule has 0 saturated carbocycles. The number of halogens is 4. The van der Waals surface area contributed by atoms with Gasteiger partial charge in [0.05, 0.1) is 28.0 Å². The molecular weight excluding hydrogens is 461 g/mol. The fraction of sp³-hybridized carbons (Fsp3) is 0.182. The number of rotatable bonds is 3. The van der Waals surface area contributed by atoms with Crippen LogP contribution in [0.4, 0.5) is 20.2 Å². The first-order chi connectivity index (χ1) is 15.2. The number of hydrogen-bond acceptors (Lipinski definition) is 4. The van der Waals surface area contributed by atoms with Gasteiger partial charge in [-0.15, -0.1) is 0 Å². The molecule has 0 saturated heterocycles. The maximum absolute atomic E-state index is 14.1. The Hall–Kier alpha value is -3.10. The molecule has 3 aromatic rings. The van der Waals surface area contributed by atoms with Gasteiger partial charge in [-0.2, -0.15) is 0 Å². The molecule has 0 aliphatic carbocycles. The third-order valence-electron chi connectivity index (χ3n) is 5.11. The highest BCUT2D eigenvalue weighted by Gasteiger charge is 2.35. The summed E-state index contributed by atoms with van der Waals surface area (Å²) in [7, 11) is 0. The monoisotopic (exact) mass is 476 g/mol. The van der Waals surface area contributed by atoms with Crippen molar-refractivity contribution in [2.75, 3.05) is 16.8 Å². The number of hydrogen-bond donors (Lipinski definition) is 1. The molecule has 4 rings (SSSR count). The number of aromatic nitrogens is 2. The Kier molecular flexibility index (Phi) is 5.83. The molecule has 32 heavy (non-hydrogen) atoms. The first-order valence-corrected chi connectivity index (χ1v) is 10.3. The highest BCUT2D eigenvalue weighted by molar-refractivity contribution is 6.33. The van der Waals surface area contributed by atoms with Crippen molar-refractivity contribution in [3.63, 3.8) is 0 Å². The average molecular weight is 477 g/mol. The lowest BCUT2D eigenvalue weighted by Crippen LogP contribution is -2.40. The standard InChI is InChI=1S/C22H16Cl2F2N4O2/c1-10-6-17-19(21(24)28-10)12-4-3-5-27-20(12)11(2)22(32)30(17)9-18(31)29-16-8-14(25)13(23)7-15(16)26/h3-8,11H,9H2,1-2H3,(H,29,31)/t11-/m1/s1. The van der Waals surface area contributed by atoms with Crippen LogP contribution in [0.3, 0.4) is 0 Å². The first kappa shape index (κ1) is 22.1. The molecule has 1 atom stereocenters. The van der Waals surface area contributed by atoms with Gasteiger partial charge in [-0.3, -0.25) is 14.6 Å². The van der Waals surface area contributed by atoms with Gasteiger partial charge in [0.15, 0.2) is 0 Å². The van der Waals surface area contributed by atoms with Crippen LogP contribution in [0, 0.1) is 18.6 Å². The third kappa shape index (κ3) is 3.91. The van der Waals surface area contributed by atoms with E-state index in [0.29, 0.717) is 28.2 Å². The Morgan fingerprint density at radius 3 is 2.72 bits per heavy atom. The van der Waals surface area contributed by atoms with Crippen molar-refractivity contribution >= 4 is 46.4 Å². The van der Waals surface area contributed by atoms with Crippen LogP contribution >= 0.6 is 23.2 Å². The van der Waals surface area contributed by atoms with Gasteiger partial charge in [0.2, 0.25) is 11.8 Å². The van der Waals surface area contributed by atoms with Crippen LogP contribution in [-0.2, 0) is 9.59 Å². The fourth-order valence-corrected chi connectivity index (χ4v) is 4.12. The van der Waals surface area contributed by atoms with Crippen molar-refractivity contribution in [1.29, 1.82) is 0 Å². The summed E-state index contributed by atoms with van der Waals surface area (Å²) in [5.41, 5.74) is 2.13. The molecule has 2 amide bonds. The predicted octanol–water partition coefficient (Wildman–Crippen LogP) is 5.13. The molecule has 1 N–H and O–H groups in total. The van der Waals surface area contributed by atoms with Crippen LogP contribution in [0.2, 0.25) is 10.2 Å². The summed E-state index contributed by atoms with van der Waals surface area (Å²) >= 11 is 12.0. The number of aryl methyl sites for hydroxylation is 1. The number of carbonyl (C=O) groups excluding carboxylic acids is 2. The minimum absolute atomic E-state index is 0.160. The van der Waals surface area contributed by atoms with Crippen molar-refractivity contribution in [3.8, 4) is 11.1 Å². The quantitative estimate of drug-likeness (QED) is 0.420. The maximum Gasteiger partial charge on any atom is 0.244 e. The van der Waals surface area contributed by atoms with Crippen molar-refractivity contribution in [2.45, 2.75) is 19.8 Å². The maximum atomic E-state index is 14.1. The van der Waals surface area contributed by atoms with Crippen LogP contribution in [0.5, 0.6) is 0 Å². The average Bonchev–Trinajstić information content (AvgIpc) is 2.82. The van der Waals surface area contributed by atoms with Gasteiger partial charge in [-0.1, -0.05) is 29.3 Å². The Morgan fingerprint density at radius 2 is 1.97 bits per heavy atom. The van der Waals surface area contributed by atoms with Crippen LogP contribution in [0.25, 0.3) is 11.1 Å². The summed E-state index contributed by atoms with van der Waals surface area (Å²) in [6.45, 7) is 2.92. The Balaban J connectivity index is 1.76. The first-order valence-electron chi connectivity index (χ1n) is 9.55. The van der Waals surface area contributed by atoms with Crippen molar-refractivity contribution < 1.29 is 18.4 Å². The van der Waals surface area contributed by atoms with E-state index in [0.717, 1.165) is 12.1 Å². The molecule has 0 unspecified atom stereocenters. The van der Waals surface area contributed by atoms with Gasteiger partial charge >= 0.3 is 0 Å². The number of carbonyl (C=O) groups is 2. The summed E-state index contributed by atoms with van der Waals surface area (Å²) in [5.74, 6) is -3.61. The van der Waals surface area contributed by atoms with Crippen molar-refractivity contribution in [1.82, 2.24) is 9.97 Å². The summed E-state index contributed by atoms with van der Waals surface area (Å²) in [5, 5.41) is 2.04. The summed E-state index contributed by atoms with van der Waals surface area (Å²) in [4.78, 5) is 36.0. The molecule has 164 valence electrons. The molecule has 1 aliphatic heterocycles. The molecule has 3 heterocycles. The number of nitrogens with one attached hydrogen (secondary N) is 1. The van der Waals surface area contributed by atoms with E-state index >= 15 is 0 Å². The summed E-state index contributed by atoms with van der Waals surface area (Å²) in [6.07, 6.45) is 1.57. The molecule has 2 aromatic heterocycles. The highest BCUT2D eigenvalue weighted by atomic mass is 35.5. The normalized spacial score (nSPS) is 15.1. The van der Waals surface area contributed by atoms with Crippen molar-refractivity contribution in [2.24, 2.45) is 0 Å². The minimum atomic E-state index is -0.902. The Bertz CT molecular complexity index is 1270. The third-order valence-corrected chi connectivity index (χ3v) is 5.68. The van der Waals surface area contributed by atoms with E-state index in [9.17, 15) is 18.4 Å². The van der Waals surface area contributed by atoms with Gasteiger partial charge in [0.1, 0.15) is 23.3 Å². The summed E-state index contributed by atoms with van der Waals surface area (Å²) < 4.78 is 27.8. The van der Waals surface area contributed by atoms with Gasteiger partial charge in [0, 0.05) is 29.1 Å².